The van der Waals surface area contributed by atoms with Gasteiger partial charge in [-0.3, -0.25) is 0 Å². The molecule has 0 aliphatic carbocycles. The highest BCUT2D eigenvalue weighted by molar-refractivity contribution is 6.36. The van der Waals surface area contributed by atoms with Crippen LogP contribution < -0.4 is 4.74 Å². The minimum atomic E-state index is 0.473. The van der Waals surface area contributed by atoms with Gasteiger partial charge in [0.25, 0.3) is 0 Å². The van der Waals surface area contributed by atoms with Gasteiger partial charge in [-0.05, 0) is 0 Å². The highest BCUT2D eigenvalue weighted by atomic mass is 35.5. The van der Waals surface area contributed by atoms with E-state index in [2.05, 4.69) is 4.98 Å². The summed E-state index contributed by atoms with van der Waals surface area (Å²) in [6.45, 7) is 0. The lowest BCUT2D eigenvalue weighted by molar-refractivity contribution is 0.399. The van der Waals surface area contributed by atoms with E-state index in [4.69, 9.17) is 16.3 Å². The Labute approximate surface area is 81.1 Å². The smallest absolute Gasteiger partial charge is 0.232 e. The van der Waals surface area contributed by atoms with Crippen LogP contribution in [0.3, 0.4) is 0 Å². The molecule has 1 aromatic heterocycles. The van der Waals surface area contributed by atoms with Gasteiger partial charge in [0.2, 0.25) is 5.88 Å². The van der Waals surface area contributed by atoms with E-state index in [0.717, 1.165) is 10.8 Å². The number of hydrogen-bond acceptors (Lipinski definition) is 2. The van der Waals surface area contributed by atoms with E-state index in [9.17, 15) is 0 Å². The number of benzene rings is 1. The van der Waals surface area contributed by atoms with Crippen molar-refractivity contribution in [2.24, 2.45) is 0 Å². The van der Waals surface area contributed by atoms with Gasteiger partial charge >= 0.3 is 0 Å². The second-order valence-electron chi connectivity index (χ2n) is 2.67. The number of rotatable bonds is 1. The summed E-state index contributed by atoms with van der Waals surface area (Å²) in [6.07, 6.45) is 1.75. The van der Waals surface area contributed by atoms with E-state index < -0.39 is 0 Å². The van der Waals surface area contributed by atoms with Crippen molar-refractivity contribution in [3.8, 4) is 5.88 Å². The lowest BCUT2D eigenvalue weighted by Crippen LogP contribution is -1.88. The van der Waals surface area contributed by atoms with Gasteiger partial charge in [-0.25, -0.2) is 4.98 Å². The maximum atomic E-state index is 6.05. The lowest BCUT2D eigenvalue weighted by atomic mass is 10.2. The number of nitrogens with zero attached hydrogens (tertiary/aromatic N) is 1. The quantitative estimate of drug-likeness (QED) is 0.695. The Balaban J connectivity index is 2.79. The maximum Gasteiger partial charge on any atom is 0.232 e. The zero-order chi connectivity index (χ0) is 9.26. The molecule has 0 fully saturated rings. The van der Waals surface area contributed by atoms with Crippen molar-refractivity contribution < 1.29 is 4.74 Å². The van der Waals surface area contributed by atoms with Gasteiger partial charge < -0.3 is 4.74 Å². The van der Waals surface area contributed by atoms with Crippen LogP contribution in [0.25, 0.3) is 10.8 Å². The highest BCUT2D eigenvalue weighted by Gasteiger charge is 2.05. The molecule has 0 aliphatic heterocycles. The van der Waals surface area contributed by atoms with E-state index in [1.54, 1.807) is 13.3 Å². The largest absolute Gasteiger partial charge is 0.480 e. The normalized spacial score (nSPS) is 10.3. The molecule has 2 aromatic rings. The Hall–Kier alpha value is -1.28. The number of pyridine rings is 1. The summed E-state index contributed by atoms with van der Waals surface area (Å²) >= 11 is 6.05. The first-order valence-electron chi connectivity index (χ1n) is 3.90. The summed E-state index contributed by atoms with van der Waals surface area (Å²) in [6, 6.07) is 7.80. The first-order chi connectivity index (χ1) is 6.33. The van der Waals surface area contributed by atoms with Gasteiger partial charge in [0.05, 0.1) is 7.11 Å². The van der Waals surface area contributed by atoms with Crippen LogP contribution in [0.4, 0.5) is 0 Å². The molecule has 0 aliphatic rings. The second kappa shape index (κ2) is 3.23. The average Bonchev–Trinajstić information content (AvgIpc) is 2.19. The third-order valence-corrected chi connectivity index (χ3v) is 2.26. The van der Waals surface area contributed by atoms with E-state index in [1.165, 1.54) is 0 Å². The number of aromatic nitrogens is 1. The zero-order valence-corrected chi connectivity index (χ0v) is 7.88. The van der Waals surface area contributed by atoms with Crippen LogP contribution in [0.15, 0.2) is 30.5 Å². The van der Waals surface area contributed by atoms with Crippen molar-refractivity contribution in [3.63, 3.8) is 0 Å². The molecule has 0 saturated carbocycles. The minimum absolute atomic E-state index is 0.473. The molecule has 13 heavy (non-hydrogen) atoms. The standard InChI is InChI=1S/C10H8ClNO/c1-13-10-9(11)8-5-3-2-4-7(8)6-12-10/h2-6H,1H3. The van der Waals surface area contributed by atoms with Crippen LogP contribution in [-0.2, 0) is 0 Å². The summed E-state index contributed by atoms with van der Waals surface area (Å²) in [4.78, 5) is 4.07. The van der Waals surface area contributed by atoms with E-state index in [1.807, 2.05) is 24.3 Å². The maximum absolute atomic E-state index is 6.05. The Morgan fingerprint density at radius 1 is 1.31 bits per heavy atom. The molecule has 0 saturated heterocycles. The molecule has 1 aromatic carbocycles. The first kappa shape index (κ1) is 8.32. The van der Waals surface area contributed by atoms with Crippen molar-refractivity contribution in [2.45, 2.75) is 0 Å². The Kier molecular flexibility index (Phi) is 2.07. The predicted molar refractivity (Wildman–Crippen MR) is 53.3 cm³/mol. The summed E-state index contributed by atoms with van der Waals surface area (Å²) in [5.41, 5.74) is 0. The topological polar surface area (TPSA) is 22.1 Å². The van der Waals surface area contributed by atoms with Crippen LogP contribution in [0.5, 0.6) is 5.88 Å². The van der Waals surface area contributed by atoms with Crippen LogP contribution in [-0.4, -0.2) is 12.1 Å². The molecule has 3 heteroatoms. The monoisotopic (exact) mass is 193 g/mol. The van der Waals surface area contributed by atoms with Crippen molar-refractivity contribution >= 4 is 22.4 Å². The fourth-order valence-electron chi connectivity index (χ4n) is 1.25. The molecular weight excluding hydrogens is 186 g/mol. The van der Waals surface area contributed by atoms with E-state index in [0.29, 0.717) is 10.9 Å². The van der Waals surface area contributed by atoms with E-state index in [-0.39, 0.29) is 0 Å². The molecular formula is C10H8ClNO. The zero-order valence-electron chi connectivity index (χ0n) is 7.12. The van der Waals surface area contributed by atoms with Gasteiger partial charge in [0.1, 0.15) is 5.02 Å². The van der Waals surface area contributed by atoms with Crippen LogP contribution >= 0.6 is 11.6 Å². The SMILES string of the molecule is COc1ncc2ccccc2c1Cl. The van der Waals surface area contributed by atoms with Gasteiger partial charge in [0.15, 0.2) is 0 Å². The minimum Gasteiger partial charge on any atom is -0.480 e. The Morgan fingerprint density at radius 2 is 2.08 bits per heavy atom. The van der Waals surface area contributed by atoms with Crippen molar-refractivity contribution in [3.05, 3.63) is 35.5 Å². The fourth-order valence-corrected chi connectivity index (χ4v) is 1.55. The molecule has 0 bridgehead atoms. The summed E-state index contributed by atoms with van der Waals surface area (Å²) in [5.74, 6) is 0.473. The number of halogens is 1. The van der Waals surface area contributed by atoms with Gasteiger partial charge in [-0.1, -0.05) is 35.9 Å². The fraction of sp³-hybridized carbons (Fsp3) is 0.100. The van der Waals surface area contributed by atoms with Crippen LogP contribution in [0.2, 0.25) is 5.02 Å². The number of hydrogen-bond donors (Lipinski definition) is 0. The molecule has 0 atom stereocenters. The molecule has 0 unspecified atom stereocenters. The molecule has 0 spiro atoms. The summed E-state index contributed by atoms with van der Waals surface area (Å²) in [7, 11) is 1.56. The molecule has 2 rings (SSSR count). The molecule has 0 N–H and O–H groups in total. The third-order valence-electron chi connectivity index (χ3n) is 1.90. The number of fused-ring (bicyclic) bond motifs is 1. The van der Waals surface area contributed by atoms with Gasteiger partial charge in [-0.2, -0.15) is 0 Å². The summed E-state index contributed by atoms with van der Waals surface area (Å²) < 4.78 is 5.01. The van der Waals surface area contributed by atoms with Crippen LogP contribution in [0.1, 0.15) is 0 Å². The number of methoxy groups -OCH3 is 1. The van der Waals surface area contributed by atoms with Crippen molar-refractivity contribution in [1.29, 1.82) is 0 Å². The predicted octanol–water partition coefficient (Wildman–Crippen LogP) is 2.90. The van der Waals surface area contributed by atoms with Crippen molar-refractivity contribution in [1.82, 2.24) is 4.98 Å². The molecule has 0 amide bonds. The number of ether oxygens (including phenoxy) is 1. The van der Waals surface area contributed by atoms with Crippen LogP contribution in [0, 0.1) is 0 Å². The van der Waals surface area contributed by atoms with Gasteiger partial charge in [-0.15, -0.1) is 0 Å². The average molecular weight is 194 g/mol. The molecule has 1 heterocycles. The second-order valence-corrected chi connectivity index (χ2v) is 3.05. The first-order valence-corrected chi connectivity index (χ1v) is 4.28. The Morgan fingerprint density at radius 3 is 2.85 bits per heavy atom. The van der Waals surface area contributed by atoms with Gasteiger partial charge in [0, 0.05) is 17.0 Å². The third kappa shape index (κ3) is 1.33. The molecule has 66 valence electrons. The van der Waals surface area contributed by atoms with E-state index >= 15 is 0 Å². The molecule has 0 radical (unpaired) electrons. The summed E-state index contributed by atoms with van der Waals surface area (Å²) in [5, 5.41) is 2.56. The molecule has 2 nitrogen and oxygen atoms in total. The van der Waals surface area contributed by atoms with Crippen molar-refractivity contribution in [2.75, 3.05) is 7.11 Å². The highest BCUT2D eigenvalue weighted by Crippen LogP contribution is 2.29. The lowest BCUT2D eigenvalue weighted by Gasteiger charge is -2.04. The Bertz CT molecular complexity index is 442.